The maximum atomic E-state index is 13.4. The van der Waals surface area contributed by atoms with Crippen LogP contribution in [0.4, 0.5) is 9.18 Å². The average Bonchev–Trinajstić information content (AvgIpc) is 2.80. The lowest BCUT2D eigenvalue weighted by molar-refractivity contribution is -0.144. The van der Waals surface area contributed by atoms with Crippen LogP contribution in [0.5, 0.6) is 0 Å². The molecule has 0 radical (unpaired) electrons. The first-order valence-corrected chi connectivity index (χ1v) is 11.4. The molecule has 9 nitrogen and oxygen atoms in total. The van der Waals surface area contributed by atoms with Crippen LogP contribution in [0, 0.1) is 5.92 Å². The van der Waals surface area contributed by atoms with Crippen molar-refractivity contribution in [3.8, 4) is 0 Å². The molecule has 1 aliphatic carbocycles. The second kappa shape index (κ2) is 13.6. The number of nitrogens with zero attached hydrogens (tertiary/aromatic N) is 1. The maximum Gasteiger partial charge on any atom is 0.408 e. The first-order chi connectivity index (χ1) is 15.8. The van der Waals surface area contributed by atoms with Gasteiger partial charge >= 0.3 is 6.09 Å². The molecule has 182 valence electrons. The summed E-state index contributed by atoms with van der Waals surface area (Å²) < 4.78 is 18.6. The first kappa shape index (κ1) is 26.4. The third kappa shape index (κ3) is 9.65. The Morgan fingerprint density at radius 1 is 1.15 bits per heavy atom. The molecular weight excluding hydrogens is 455 g/mol. The molecule has 0 heterocycles. The van der Waals surface area contributed by atoms with Crippen LogP contribution in [0.15, 0.2) is 30.3 Å². The van der Waals surface area contributed by atoms with Gasteiger partial charge < -0.3 is 15.8 Å². The fraction of sp³-hybridized carbons (Fsp3) is 0.545. The monoisotopic (exact) mass is 484 g/mol. The van der Waals surface area contributed by atoms with E-state index >= 15 is 0 Å². The molecule has 0 aromatic heterocycles. The molecule has 2 atom stereocenters. The van der Waals surface area contributed by atoms with Crippen molar-refractivity contribution in [1.82, 2.24) is 15.8 Å². The van der Waals surface area contributed by atoms with Crippen molar-refractivity contribution in [3.05, 3.63) is 35.9 Å². The van der Waals surface area contributed by atoms with E-state index in [1.165, 1.54) is 0 Å². The van der Waals surface area contributed by atoms with E-state index in [0.29, 0.717) is 11.4 Å². The molecule has 1 aromatic rings. The molecule has 33 heavy (non-hydrogen) atoms. The van der Waals surface area contributed by atoms with Crippen LogP contribution in [-0.4, -0.2) is 47.0 Å². The minimum Gasteiger partial charge on any atom is -0.445 e. The highest BCUT2D eigenvalue weighted by Gasteiger charge is 2.30. The second-order valence-corrected chi connectivity index (χ2v) is 8.36. The van der Waals surface area contributed by atoms with E-state index in [4.69, 9.17) is 22.1 Å². The lowest BCUT2D eigenvalue weighted by Gasteiger charge is -2.29. The summed E-state index contributed by atoms with van der Waals surface area (Å²) in [7, 11) is 0. The zero-order valence-electron chi connectivity index (χ0n) is 18.3. The number of ether oxygens (including phenoxy) is 1. The molecule has 11 heteroatoms. The van der Waals surface area contributed by atoms with Gasteiger partial charge in [0.25, 0.3) is 17.4 Å². The number of rotatable bonds is 10. The number of alkyl halides is 2. The van der Waals surface area contributed by atoms with Crippen molar-refractivity contribution in [2.75, 3.05) is 6.54 Å². The van der Waals surface area contributed by atoms with Gasteiger partial charge in [0.2, 0.25) is 5.91 Å². The maximum absolute atomic E-state index is 13.4. The summed E-state index contributed by atoms with van der Waals surface area (Å²) in [6.07, 6.45) is 4.19. The lowest BCUT2D eigenvalue weighted by Crippen LogP contribution is -2.56. The number of nitrogens with one attached hydrogen (secondary N) is 2. The fourth-order valence-corrected chi connectivity index (χ4v) is 3.78. The zero-order valence-corrected chi connectivity index (χ0v) is 19.1. The van der Waals surface area contributed by atoms with Crippen molar-refractivity contribution < 1.29 is 28.3 Å². The number of hydrogen-bond acceptors (Lipinski definition) is 5. The number of alkyl carbamates (subject to hydrolysis) is 1. The number of carbonyl (C=O) groups is 4. The molecule has 0 saturated heterocycles. The predicted molar refractivity (Wildman–Crippen MR) is 119 cm³/mol. The predicted octanol–water partition coefficient (Wildman–Crippen LogP) is 2.52. The van der Waals surface area contributed by atoms with Crippen molar-refractivity contribution in [1.29, 1.82) is 0 Å². The van der Waals surface area contributed by atoms with Crippen molar-refractivity contribution in [2.24, 2.45) is 11.7 Å². The molecule has 0 spiro atoms. The zero-order chi connectivity index (χ0) is 24.2. The van der Waals surface area contributed by atoms with Crippen LogP contribution in [0.25, 0.3) is 0 Å². The van der Waals surface area contributed by atoms with Gasteiger partial charge in [0.15, 0.2) is 0 Å². The van der Waals surface area contributed by atoms with Crippen molar-refractivity contribution >= 4 is 35.4 Å². The summed E-state index contributed by atoms with van der Waals surface area (Å²) in [5.41, 5.74) is 5.71. The highest BCUT2D eigenvalue weighted by Crippen LogP contribution is 2.27. The minimum atomic E-state index is -2.42. The highest BCUT2D eigenvalue weighted by atomic mass is 35.5. The van der Waals surface area contributed by atoms with Gasteiger partial charge in [-0.05, 0) is 17.9 Å². The smallest absolute Gasteiger partial charge is 0.408 e. The van der Waals surface area contributed by atoms with Gasteiger partial charge in [0.1, 0.15) is 12.6 Å². The summed E-state index contributed by atoms with van der Waals surface area (Å²) in [6.45, 7) is -0.342. The fourth-order valence-electron chi connectivity index (χ4n) is 3.67. The van der Waals surface area contributed by atoms with Crippen LogP contribution in [0.2, 0.25) is 0 Å². The third-order valence-corrected chi connectivity index (χ3v) is 5.58. The molecule has 0 aliphatic heterocycles. The van der Waals surface area contributed by atoms with Crippen molar-refractivity contribution in [3.63, 3.8) is 0 Å². The number of halogens is 2. The number of amides is 4. The third-order valence-electron chi connectivity index (χ3n) is 5.39. The van der Waals surface area contributed by atoms with E-state index in [2.05, 4.69) is 10.7 Å². The molecule has 4 N–H and O–H groups in total. The topological polar surface area (TPSA) is 131 Å². The van der Waals surface area contributed by atoms with E-state index in [1.807, 2.05) is 18.2 Å². The van der Waals surface area contributed by atoms with E-state index < -0.39 is 35.5 Å². The molecule has 1 aromatic carbocycles. The summed E-state index contributed by atoms with van der Waals surface area (Å²) in [5, 5.41) is 3.15. The van der Waals surface area contributed by atoms with Crippen molar-refractivity contribution in [2.45, 2.75) is 63.2 Å². The molecule has 1 saturated carbocycles. The van der Waals surface area contributed by atoms with Crippen LogP contribution in [-0.2, 0) is 25.7 Å². The molecule has 2 rings (SSSR count). The van der Waals surface area contributed by atoms with E-state index in [0.717, 1.165) is 37.7 Å². The Kier molecular flexibility index (Phi) is 10.9. The van der Waals surface area contributed by atoms with Crippen LogP contribution in [0.3, 0.4) is 0 Å². The summed E-state index contributed by atoms with van der Waals surface area (Å²) in [5.74, 6) is -2.53. The molecule has 1 aliphatic rings. The van der Waals surface area contributed by atoms with Gasteiger partial charge in [-0.1, -0.05) is 74.0 Å². The van der Waals surface area contributed by atoms with Crippen LogP contribution < -0.4 is 16.5 Å². The van der Waals surface area contributed by atoms with Gasteiger partial charge in [-0.15, -0.1) is 0 Å². The number of benzene rings is 1. The Labute approximate surface area is 197 Å². The minimum absolute atomic E-state index is 0.0173. The number of primary amides is 1. The van der Waals surface area contributed by atoms with Crippen LogP contribution >= 0.6 is 11.6 Å². The lowest BCUT2D eigenvalue weighted by atomic mass is 9.84. The molecule has 4 amide bonds. The molecular formula is C22H30ClFN4O5. The first-order valence-electron chi connectivity index (χ1n) is 10.9. The SMILES string of the molecule is NC(=O)CCN(NC(=O)[C@@H](CC1CCCCC1)NC(=O)OCc1ccccc1)C(=O)[C@@H](F)Cl. The standard InChI is InChI=1S/C22H30ClFN4O5/c23-19(24)21(31)28(12-11-18(25)29)27-20(30)17(13-15-7-3-1-4-8-15)26-22(32)33-14-16-9-5-2-6-10-16/h2,5-6,9-10,15,17,19H,1,3-4,7-8,11-14H2,(H2,25,29)(H,26,32)(H,27,30)/t17-,19-/m1/s1. The Balaban J connectivity index is 2.05. The Morgan fingerprint density at radius 2 is 1.82 bits per heavy atom. The molecule has 0 bridgehead atoms. The quantitative estimate of drug-likeness (QED) is 0.347. The van der Waals surface area contributed by atoms with Gasteiger partial charge in [-0.2, -0.15) is 0 Å². The van der Waals surface area contributed by atoms with Gasteiger partial charge in [-0.3, -0.25) is 19.8 Å². The summed E-state index contributed by atoms with van der Waals surface area (Å²) in [6, 6.07) is 8.00. The summed E-state index contributed by atoms with van der Waals surface area (Å²) in [4.78, 5) is 48.4. The second-order valence-electron chi connectivity index (χ2n) is 7.98. The number of nitrogens with two attached hydrogens (primary N) is 1. The molecule has 0 unspecified atom stereocenters. The van der Waals surface area contributed by atoms with E-state index in [9.17, 15) is 23.6 Å². The van der Waals surface area contributed by atoms with Gasteiger partial charge in [0.05, 0.1) is 6.54 Å². The Hall–Kier alpha value is -2.88. The Morgan fingerprint density at radius 3 is 2.42 bits per heavy atom. The highest BCUT2D eigenvalue weighted by molar-refractivity contribution is 6.29. The van der Waals surface area contributed by atoms with Crippen LogP contribution in [0.1, 0.15) is 50.5 Å². The Bertz CT molecular complexity index is 805. The van der Waals surface area contributed by atoms with E-state index in [-0.39, 0.29) is 25.5 Å². The van der Waals surface area contributed by atoms with Gasteiger partial charge in [-0.25, -0.2) is 14.2 Å². The average molecular weight is 485 g/mol. The number of carbonyl (C=O) groups excluding carboxylic acids is 4. The molecule has 1 fully saturated rings. The normalized spacial score (nSPS) is 15.7. The number of hydrogen-bond donors (Lipinski definition) is 3. The largest absolute Gasteiger partial charge is 0.445 e. The van der Waals surface area contributed by atoms with E-state index in [1.54, 1.807) is 12.1 Å². The van der Waals surface area contributed by atoms with Gasteiger partial charge in [0, 0.05) is 6.42 Å². The summed E-state index contributed by atoms with van der Waals surface area (Å²) >= 11 is 5.23. The number of hydrazine groups is 1.